The summed E-state index contributed by atoms with van der Waals surface area (Å²) in [5.41, 5.74) is 0.453. The first-order chi connectivity index (χ1) is 5.34. The van der Waals surface area contributed by atoms with Crippen LogP contribution >= 0.6 is 0 Å². The number of hydrogen-bond acceptors (Lipinski definition) is 1. The lowest BCUT2D eigenvalue weighted by molar-refractivity contribution is 0.604. The molecule has 0 aliphatic rings. The van der Waals surface area contributed by atoms with Gasteiger partial charge in [0.15, 0.2) is 0 Å². The van der Waals surface area contributed by atoms with Crippen LogP contribution in [0, 0.1) is 17.3 Å². The van der Waals surface area contributed by atoms with Crippen molar-refractivity contribution in [3.63, 3.8) is 0 Å². The zero-order valence-electron chi connectivity index (χ0n) is 5.79. The number of nitriles is 1. The zero-order valence-corrected chi connectivity index (χ0v) is 5.79. The maximum absolute atomic E-state index is 12.7. The summed E-state index contributed by atoms with van der Waals surface area (Å²) in [7, 11) is 0. The summed E-state index contributed by atoms with van der Waals surface area (Å²) >= 11 is 0. The highest BCUT2D eigenvalue weighted by atomic mass is 19.1. The summed E-state index contributed by atoms with van der Waals surface area (Å²) in [5.74, 6) is -0.313. The minimum absolute atomic E-state index is 0.128. The molecule has 2 nitrogen and oxygen atoms in total. The molecule has 11 heavy (non-hydrogen) atoms. The molecule has 0 heterocycles. The molecule has 0 unspecified atom stereocenters. The van der Waals surface area contributed by atoms with Gasteiger partial charge in [-0.2, -0.15) is 5.26 Å². The predicted octanol–water partition coefficient (Wildman–Crippen LogP) is 1.41. The molecular formula is C8H6FN2. The van der Waals surface area contributed by atoms with Crippen LogP contribution < -0.4 is 5.32 Å². The average molecular weight is 149 g/mol. The van der Waals surface area contributed by atoms with Crippen LogP contribution in [0.5, 0.6) is 0 Å². The normalized spacial score (nSPS) is 8.73. The molecule has 0 atom stereocenters. The smallest absolute Gasteiger partial charge is 0.201 e. The van der Waals surface area contributed by atoms with E-state index in [2.05, 4.69) is 5.32 Å². The van der Waals surface area contributed by atoms with E-state index in [9.17, 15) is 4.39 Å². The Morgan fingerprint density at radius 2 is 2.18 bits per heavy atom. The molecule has 3 heteroatoms. The Morgan fingerprint density at radius 3 is 2.82 bits per heavy atom. The van der Waals surface area contributed by atoms with Crippen molar-refractivity contribution >= 4 is 0 Å². The molecule has 1 radical (unpaired) electrons. The lowest BCUT2D eigenvalue weighted by Crippen LogP contribution is -1.98. The first kappa shape index (κ1) is 7.55. The average Bonchev–Trinajstić information content (AvgIpc) is 2.03. The van der Waals surface area contributed by atoms with E-state index in [-0.39, 0.29) is 12.4 Å². The van der Waals surface area contributed by atoms with Crippen molar-refractivity contribution in [2.45, 2.75) is 6.54 Å². The lowest BCUT2D eigenvalue weighted by atomic mass is 10.2. The molecule has 0 aliphatic carbocycles. The zero-order chi connectivity index (χ0) is 8.10. The van der Waals surface area contributed by atoms with Crippen LogP contribution in [0.4, 0.5) is 4.39 Å². The van der Waals surface area contributed by atoms with Crippen LogP contribution in [-0.4, -0.2) is 0 Å². The molecule has 0 fully saturated rings. The molecule has 0 saturated heterocycles. The van der Waals surface area contributed by atoms with Crippen molar-refractivity contribution in [2.24, 2.45) is 0 Å². The molecule has 1 aromatic rings. The maximum atomic E-state index is 12.7. The number of halogens is 1. The number of nitrogens with zero attached hydrogens (tertiary/aromatic N) is 2. The molecule has 0 aromatic heterocycles. The fourth-order valence-electron chi connectivity index (χ4n) is 0.747. The Morgan fingerprint density at radius 1 is 1.45 bits per heavy atom. The van der Waals surface area contributed by atoms with Crippen LogP contribution in [0.25, 0.3) is 0 Å². The molecule has 0 amide bonds. The van der Waals surface area contributed by atoms with Gasteiger partial charge in [-0.05, 0) is 6.07 Å². The van der Waals surface area contributed by atoms with E-state index in [1.807, 2.05) is 0 Å². The van der Waals surface area contributed by atoms with Crippen molar-refractivity contribution in [3.8, 4) is 6.19 Å². The van der Waals surface area contributed by atoms with E-state index in [4.69, 9.17) is 5.26 Å². The van der Waals surface area contributed by atoms with E-state index < -0.39 is 0 Å². The van der Waals surface area contributed by atoms with Crippen molar-refractivity contribution in [1.82, 2.24) is 5.32 Å². The third-order valence-corrected chi connectivity index (χ3v) is 1.28. The molecule has 1 aromatic carbocycles. The Balaban J connectivity index is 2.71. The SMILES string of the molecule is N#C[N]Cc1ccccc1F. The Labute approximate surface area is 64.3 Å². The number of rotatable bonds is 2. The van der Waals surface area contributed by atoms with Crippen molar-refractivity contribution < 1.29 is 4.39 Å². The number of hydrogen-bond donors (Lipinski definition) is 0. The summed E-state index contributed by atoms with van der Waals surface area (Å²) in [5, 5.41) is 11.4. The van der Waals surface area contributed by atoms with Crippen LogP contribution in [-0.2, 0) is 6.54 Å². The molecule has 55 valence electrons. The maximum Gasteiger partial charge on any atom is 0.201 e. The van der Waals surface area contributed by atoms with Crippen molar-refractivity contribution in [1.29, 1.82) is 5.26 Å². The highest BCUT2D eigenvalue weighted by Gasteiger charge is 1.98. The Bertz CT molecular complexity index is 278. The van der Waals surface area contributed by atoms with Gasteiger partial charge in [-0.25, -0.2) is 9.71 Å². The van der Waals surface area contributed by atoms with Gasteiger partial charge in [-0.3, -0.25) is 0 Å². The van der Waals surface area contributed by atoms with E-state index in [1.165, 1.54) is 6.07 Å². The molecular weight excluding hydrogens is 143 g/mol. The largest absolute Gasteiger partial charge is 0.207 e. The first-order valence-electron chi connectivity index (χ1n) is 3.13. The van der Waals surface area contributed by atoms with Gasteiger partial charge < -0.3 is 0 Å². The van der Waals surface area contributed by atoms with Gasteiger partial charge in [0.2, 0.25) is 6.19 Å². The van der Waals surface area contributed by atoms with Crippen molar-refractivity contribution in [2.75, 3.05) is 0 Å². The molecule has 0 spiro atoms. The van der Waals surface area contributed by atoms with Gasteiger partial charge in [-0.15, -0.1) is 0 Å². The minimum atomic E-state index is -0.313. The van der Waals surface area contributed by atoms with E-state index in [0.29, 0.717) is 5.56 Å². The van der Waals surface area contributed by atoms with Gasteiger partial charge in [0.05, 0.1) is 6.54 Å². The van der Waals surface area contributed by atoms with E-state index in [0.717, 1.165) is 0 Å². The van der Waals surface area contributed by atoms with Gasteiger partial charge >= 0.3 is 0 Å². The molecule has 1 rings (SSSR count). The van der Waals surface area contributed by atoms with Crippen molar-refractivity contribution in [3.05, 3.63) is 35.6 Å². The topological polar surface area (TPSA) is 37.9 Å². The summed E-state index contributed by atoms with van der Waals surface area (Å²) in [6.45, 7) is 0.128. The second kappa shape index (κ2) is 3.57. The highest BCUT2D eigenvalue weighted by molar-refractivity contribution is 5.17. The quantitative estimate of drug-likeness (QED) is 0.586. The molecule has 0 saturated carbocycles. The second-order valence-corrected chi connectivity index (χ2v) is 2.01. The molecule has 0 aliphatic heterocycles. The molecule has 0 N–H and O–H groups in total. The van der Waals surface area contributed by atoms with Gasteiger partial charge in [-0.1, -0.05) is 18.2 Å². The standard InChI is InChI=1S/C8H6FN2/c9-8-4-2-1-3-7(8)5-11-6-10/h1-4H,5H2. The first-order valence-corrected chi connectivity index (χ1v) is 3.13. The summed E-state index contributed by atoms with van der Waals surface area (Å²) in [6, 6.07) is 6.27. The van der Waals surface area contributed by atoms with Gasteiger partial charge in [0.1, 0.15) is 5.82 Å². The third kappa shape index (κ3) is 1.94. The van der Waals surface area contributed by atoms with Gasteiger partial charge in [0.25, 0.3) is 0 Å². The van der Waals surface area contributed by atoms with Crippen LogP contribution in [0.15, 0.2) is 24.3 Å². The van der Waals surface area contributed by atoms with Crippen LogP contribution in [0.2, 0.25) is 0 Å². The monoisotopic (exact) mass is 149 g/mol. The minimum Gasteiger partial charge on any atom is -0.207 e. The number of benzene rings is 1. The van der Waals surface area contributed by atoms with E-state index in [1.54, 1.807) is 24.4 Å². The Kier molecular flexibility index (Phi) is 2.45. The van der Waals surface area contributed by atoms with E-state index >= 15 is 0 Å². The van der Waals surface area contributed by atoms with Crippen LogP contribution in [0.1, 0.15) is 5.56 Å². The third-order valence-electron chi connectivity index (χ3n) is 1.28. The second-order valence-electron chi connectivity index (χ2n) is 2.01. The summed E-state index contributed by atoms with van der Waals surface area (Å²) in [6.07, 6.45) is 1.60. The Hall–Kier alpha value is -1.56. The van der Waals surface area contributed by atoms with Gasteiger partial charge in [0, 0.05) is 5.56 Å². The highest BCUT2D eigenvalue weighted by Crippen LogP contribution is 2.05. The summed E-state index contributed by atoms with van der Waals surface area (Å²) < 4.78 is 12.7. The summed E-state index contributed by atoms with van der Waals surface area (Å²) in [4.78, 5) is 0. The fraction of sp³-hybridized carbons (Fsp3) is 0.125. The fourth-order valence-corrected chi connectivity index (χ4v) is 0.747. The van der Waals surface area contributed by atoms with Crippen LogP contribution in [0.3, 0.4) is 0 Å². The molecule has 0 bridgehead atoms. The predicted molar refractivity (Wildman–Crippen MR) is 37.9 cm³/mol. The lowest BCUT2D eigenvalue weighted by Gasteiger charge is -1.96.